The Morgan fingerprint density at radius 1 is 1.19 bits per heavy atom. The average molecular weight is 507 g/mol. The maximum absolute atomic E-state index is 12.6. The fourth-order valence-corrected chi connectivity index (χ4v) is 5.69. The first-order valence-electron chi connectivity index (χ1n) is 13.8. The van der Waals surface area contributed by atoms with Crippen LogP contribution in [0.3, 0.4) is 0 Å². The molecule has 7 nitrogen and oxygen atoms in total. The molecule has 0 radical (unpaired) electrons. The Morgan fingerprint density at radius 3 is 2.61 bits per heavy atom. The summed E-state index contributed by atoms with van der Waals surface area (Å²) in [7, 11) is 1.51. The number of epoxide rings is 1. The number of unbranched alkanes of at least 4 members (excludes halogenated alkanes) is 4. The highest BCUT2D eigenvalue weighted by Gasteiger charge is 2.61. The molecule has 6 atom stereocenters. The third-order valence-electron chi connectivity index (χ3n) is 8.18. The van der Waals surface area contributed by atoms with E-state index in [4.69, 9.17) is 18.9 Å². The van der Waals surface area contributed by atoms with E-state index >= 15 is 0 Å². The van der Waals surface area contributed by atoms with Crippen LogP contribution in [0.1, 0.15) is 105 Å². The number of aliphatic hydroxyl groups is 1. The van der Waals surface area contributed by atoms with E-state index in [0.717, 1.165) is 37.7 Å². The summed E-state index contributed by atoms with van der Waals surface area (Å²) in [6.07, 6.45) is 9.67. The normalized spacial score (nSPS) is 36.8. The zero-order valence-corrected chi connectivity index (χ0v) is 23.1. The van der Waals surface area contributed by atoms with Crippen molar-refractivity contribution in [2.45, 2.75) is 135 Å². The molecule has 1 saturated heterocycles. The van der Waals surface area contributed by atoms with E-state index in [1.54, 1.807) is 6.92 Å². The molecule has 1 N–H and O–H groups in total. The van der Waals surface area contributed by atoms with Crippen molar-refractivity contribution in [3.63, 3.8) is 0 Å². The Labute approximate surface area is 216 Å². The molecule has 0 spiro atoms. The van der Waals surface area contributed by atoms with Crippen molar-refractivity contribution >= 4 is 11.9 Å². The van der Waals surface area contributed by atoms with Gasteiger partial charge < -0.3 is 24.1 Å². The number of fused-ring (bicyclic) bond motifs is 2. The van der Waals surface area contributed by atoms with Crippen LogP contribution in [0.4, 0.5) is 0 Å². The van der Waals surface area contributed by atoms with Crippen LogP contribution in [0.15, 0.2) is 22.8 Å². The summed E-state index contributed by atoms with van der Waals surface area (Å²) < 4.78 is 23.5. The van der Waals surface area contributed by atoms with Crippen molar-refractivity contribution in [3.8, 4) is 0 Å². The predicted octanol–water partition coefficient (Wildman–Crippen LogP) is 5.54. The molecule has 0 saturated carbocycles. The van der Waals surface area contributed by atoms with Gasteiger partial charge >= 0.3 is 11.9 Å². The first-order valence-corrected chi connectivity index (χ1v) is 13.8. The van der Waals surface area contributed by atoms with E-state index in [9.17, 15) is 14.7 Å². The average Bonchev–Trinajstić information content (AvgIpc) is 3.44. The Bertz CT molecular complexity index is 862. The Morgan fingerprint density at radius 2 is 1.92 bits per heavy atom. The SMILES string of the molecule is CCCCCCCC(=O)O[C@H]1CC[C@]2(C)O[C@H]2[C@H](O)C2=C(C)C(=O)O[C@]2(OC)C/C(C)=C\CC[C@H]1C. The molecule has 0 unspecified atom stereocenters. The minimum atomic E-state index is -1.32. The van der Waals surface area contributed by atoms with Crippen LogP contribution >= 0.6 is 0 Å². The van der Waals surface area contributed by atoms with Crippen LogP contribution in [-0.2, 0) is 28.5 Å². The Hall–Kier alpha value is -1.70. The van der Waals surface area contributed by atoms with E-state index in [-0.39, 0.29) is 18.0 Å². The Balaban J connectivity index is 1.76. The molecule has 0 aromatic rings. The van der Waals surface area contributed by atoms with Crippen LogP contribution < -0.4 is 0 Å². The van der Waals surface area contributed by atoms with Crippen LogP contribution in [0.5, 0.6) is 0 Å². The quantitative estimate of drug-likeness (QED) is 0.200. The molecule has 0 amide bonds. The van der Waals surface area contributed by atoms with Gasteiger partial charge in [0.05, 0.1) is 5.60 Å². The minimum Gasteiger partial charge on any atom is -0.462 e. The fraction of sp³-hybridized carbons (Fsp3) is 0.793. The summed E-state index contributed by atoms with van der Waals surface area (Å²) in [6, 6.07) is 0. The van der Waals surface area contributed by atoms with Crippen molar-refractivity contribution in [2.24, 2.45) is 5.92 Å². The largest absolute Gasteiger partial charge is 0.462 e. The molecule has 2 heterocycles. The van der Waals surface area contributed by atoms with E-state index < -0.39 is 29.6 Å². The van der Waals surface area contributed by atoms with Gasteiger partial charge in [-0.05, 0) is 58.8 Å². The molecular formula is C29H46O7. The zero-order chi connectivity index (χ0) is 26.5. The molecule has 3 rings (SSSR count). The summed E-state index contributed by atoms with van der Waals surface area (Å²) in [5, 5.41) is 11.4. The topological polar surface area (TPSA) is 94.6 Å². The standard InChI is InChI=1S/C29H46O7/c1-7-8-9-10-11-15-23(30)34-22-16-17-28(5)26(35-28)25(31)24-21(4)27(32)36-29(24,33-6)18-19(2)13-12-14-20(22)3/h13,20,22,25-26,31H,7-12,14-18H2,1-6H3/b19-13-/t20-,22+,25-,26+,28+,29-/m1/s1. The third-order valence-corrected chi connectivity index (χ3v) is 8.18. The number of esters is 2. The van der Waals surface area contributed by atoms with Crippen LogP contribution in [-0.4, -0.2) is 53.9 Å². The molecule has 0 bridgehead atoms. The number of hydrogen-bond donors (Lipinski definition) is 1. The summed E-state index contributed by atoms with van der Waals surface area (Å²) >= 11 is 0. The maximum atomic E-state index is 12.6. The second kappa shape index (κ2) is 12.2. The molecule has 3 aliphatic rings. The van der Waals surface area contributed by atoms with Gasteiger partial charge in [-0.25, -0.2) is 4.79 Å². The smallest absolute Gasteiger partial charge is 0.336 e. The van der Waals surface area contributed by atoms with Crippen molar-refractivity contribution in [1.82, 2.24) is 0 Å². The first-order chi connectivity index (χ1) is 17.1. The number of allylic oxidation sites excluding steroid dienone is 1. The molecule has 1 aliphatic carbocycles. The van der Waals surface area contributed by atoms with Gasteiger partial charge in [-0.3, -0.25) is 4.79 Å². The summed E-state index contributed by atoms with van der Waals surface area (Å²) in [4.78, 5) is 25.2. The highest BCUT2D eigenvalue weighted by atomic mass is 16.7. The van der Waals surface area contributed by atoms with Gasteiger partial charge in [0.15, 0.2) is 0 Å². The van der Waals surface area contributed by atoms with Gasteiger partial charge in [-0.15, -0.1) is 0 Å². The molecule has 36 heavy (non-hydrogen) atoms. The second-order valence-electron chi connectivity index (χ2n) is 11.2. The number of rotatable bonds is 8. The number of aliphatic hydroxyl groups excluding tert-OH is 1. The van der Waals surface area contributed by atoms with Gasteiger partial charge in [0, 0.05) is 31.1 Å². The molecule has 7 heteroatoms. The molecule has 204 valence electrons. The van der Waals surface area contributed by atoms with Crippen LogP contribution in [0.2, 0.25) is 0 Å². The lowest BCUT2D eigenvalue weighted by molar-refractivity contribution is -0.195. The van der Waals surface area contributed by atoms with Crippen molar-refractivity contribution in [3.05, 3.63) is 22.8 Å². The van der Waals surface area contributed by atoms with Crippen molar-refractivity contribution < 1.29 is 33.6 Å². The van der Waals surface area contributed by atoms with Gasteiger partial charge in [0.2, 0.25) is 5.79 Å². The lowest BCUT2D eigenvalue weighted by Gasteiger charge is -2.32. The number of carbonyl (C=O) groups excluding carboxylic acids is 2. The summed E-state index contributed by atoms with van der Waals surface area (Å²) in [6.45, 7) is 9.94. The number of carbonyl (C=O) groups is 2. The van der Waals surface area contributed by atoms with E-state index in [2.05, 4.69) is 19.9 Å². The van der Waals surface area contributed by atoms with E-state index in [0.29, 0.717) is 36.8 Å². The summed E-state index contributed by atoms with van der Waals surface area (Å²) in [5.74, 6) is -1.73. The highest BCUT2D eigenvalue weighted by molar-refractivity contribution is 5.92. The molecule has 0 aromatic carbocycles. The van der Waals surface area contributed by atoms with E-state index in [1.807, 2.05) is 13.8 Å². The molecule has 2 aliphatic heterocycles. The van der Waals surface area contributed by atoms with Gasteiger partial charge in [-0.2, -0.15) is 0 Å². The molecule has 0 aromatic heterocycles. The van der Waals surface area contributed by atoms with Crippen molar-refractivity contribution in [2.75, 3.05) is 7.11 Å². The number of ether oxygens (including phenoxy) is 4. The van der Waals surface area contributed by atoms with Crippen LogP contribution in [0.25, 0.3) is 0 Å². The van der Waals surface area contributed by atoms with Gasteiger partial charge in [0.1, 0.15) is 18.3 Å². The monoisotopic (exact) mass is 506 g/mol. The fourth-order valence-electron chi connectivity index (χ4n) is 5.69. The third kappa shape index (κ3) is 6.59. The number of methoxy groups -OCH3 is 1. The van der Waals surface area contributed by atoms with E-state index in [1.165, 1.54) is 20.0 Å². The minimum absolute atomic E-state index is 0.123. The van der Waals surface area contributed by atoms with Crippen molar-refractivity contribution in [1.29, 1.82) is 0 Å². The second-order valence-corrected chi connectivity index (χ2v) is 11.2. The predicted molar refractivity (Wildman–Crippen MR) is 137 cm³/mol. The first kappa shape index (κ1) is 28.9. The van der Waals surface area contributed by atoms with Crippen LogP contribution in [0, 0.1) is 5.92 Å². The van der Waals surface area contributed by atoms with Gasteiger partial charge in [0.25, 0.3) is 0 Å². The molecular weight excluding hydrogens is 460 g/mol. The lowest BCUT2D eigenvalue weighted by atomic mass is 9.84. The lowest BCUT2D eigenvalue weighted by Crippen LogP contribution is -2.41. The highest BCUT2D eigenvalue weighted by Crippen LogP contribution is 2.50. The molecule has 1 fully saturated rings. The summed E-state index contributed by atoms with van der Waals surface area (Å²) in [5.41, 5.74) is 1.26. The Kier molecular flexibility index (Phi) is 9.81. The van der Waals surface area contributed by atoms with Gasteiger partial charge in [-0.1, -0.05) is 51.2 Å². The maximum Gasteiger partial charge on any atom is 0.336 e. The number of hydrogen-bond acceptors (Lipinski definition) is 7. The zero-order valence-electron chi connectivity index (χ0n) is 23.1.